The first-order chi connectivity index (χ1) is 11.2. The molecule has 1 aliphatic heterocycles. The first-order valence-corrected chi connectivity index (χ1v) is 8.21. The SMILES string of the molecule is O=C1Cc2ccccc2N1S(=O)(=O)N(c1ccccc1)C(F)(F)F. The van der Waals surface area contributed by atoms with Gasteiger partial charge in [-0.1, -0.05) is 36.4 Å². The van der Waals surface area contributed by atoms with Gasteiger partial charge in [0.05, 0.1) is 17.8 Å². The minimum atomic E-state index is -5.22. The zero-order valence-corrected chi connectivity index (χ0v) is 12.9. The number of nitrogens with zero attached hydrogens (tertiary/aromatic N) is 2. The lowest BCUT2D eigenvalue weighted by Gasteiger charge is -2.30. The van der Waals surface area contributed by atoms with E-state index in [0.717, 1.165) is 12.1 Å². The first-order valence-electron chi connectivity index (χ1n) is 6.81. The normalized spacial score (nSPS) is 14.6. The number of carbonyl (C=O) groups excluding carboxylic acids is 1. The third kappa shape index (κ3) is 2.60. The number of para-hydroxylation sites is 2. The molecule has 0 aromatic heterocycles. The number of carbonyl (C=O) groups is 1. The zero-order chi connectivity index (χ0) is 17.5. The van der Waals surface area contributed by atoms with Crippen LogP contribution in [-0.2, 0) is 21.4 Å². The third-order valence-electron chi connectivity index (χ3n) is 3.46. The van der Waals surface area contributed by atoms with Crippen LogP contribution in [0.5, 0.6) is 0 Å². The van der Waals surface area contributed by atoms with Crippen molar-refractivity contribution in [3.05, 3.63) is 60.2 Å². The fourth-order valence-corrected chi connectivity index (χ4v) is 4.10. The molecular weight excluding hydrogens is 345 g/mol. The molecule has 1 amide bonds. The van der Waals surface area contributed by atoms with Crippen LogP contribution in [0.2, 0.25) is 0 Å². The molecule has 1 aliphatic rings. The fraction of sp³-hybridized carbons (Fsp3) is 0.133. The molecule has 0 radical (unpaired) electrons. The fourth-order valence-electron chi connectivity index (χ4n) is 2.54. The summed E-state index contributed by atoms with van der Waals surface area (Å²) in [6.45, 7) is 0. The van der Waals surface area contributed by atoms with E-state index >= 15 is 0 Å². The summed E-state index contributed by atoms with van der Waals surface area (Å²) < 4.78 is 65.2. The van der Waals surface area contributed by atoms with Gasteiger partial charge in [-0.05, 0) is 23.8 Å². The molecule has 1 heterocycles. The number of hydrogen-bond donors (Lipinski definition) is 0. The predicted molar refractivity (Wildman–Crippen MR) is 81.5 cm³/mol. The molecule has 9 heteroatoms. The third-order valence-corrected chi connectivity index (χ3v) is 5.20. The smallest absolute Gasteiger partial charge is 0.273 e. The average Bonchev–Trinajstić information content (AvgIpc) is 2.83. The lowest BCUT2D eigenvalue weighted by molar-refractivity contribution is -0.117. The van der Waals surface area contributed by atoms with Gasteiger partial charge in [0.2, 0.25) is 5.91 Å². The summed E-state index contributed by atoms with van der Waals surface area (Å²) in [5, 5.41) is 0. The van der Waals surface area contributed by atoms with E-state index in [2.05, 4.69) is 0 Å². The molecule has 2 aromatic rings. The van der Waals surface area contributed by atoms with E-state index in [4.69, 9.17) is 0 Å². The van der Waals surface area contributed by atoms with Crippen molar-refractivity contribution in [2.24, 2.45) is 0 Å². The Labute approximate surface area is 136 Å². The second-order valence-corrected chi connectivity index (χ2v) is 6.67. The number of anilines is 2. The van der Waals surface area contributed by atoms with E-state index in [1.165, 1.54) is 36.4 Å². The van der Waals surface area contributed by atoms with E-state index in [9.17, 15) is 26.4 Å². The number of alkyl halides is 3. The maximum absolute atomic E-state index is 13.5. The molecule has 3 rings (SSSR count). The van der Waals surface area contributed by atoms with Gasteiger partial charge >= 0.3 is 16.5 Å². The van der Waals surface area contributed by atoms with Crippen molar-refractivity contribution in [2.45, 2.75) is 12.7 Å². The molecular formula is C15H11F3N2O3S. The van der Waals surface area contributed by atoms with E-state index in [1.54, 1.807) is 6.07 Å². The number of benzene rings is 2. The van der Waals surface area contributed by atoms with Gasteiger partial charge in [-0.15, -0.1) is 13.2 Å². The minimum absolute atomic E-state index is 0.0623. The molecule has 0 bridgehead atoms. The quantitative estimate of drug-likeness (QED) is 0.795. The molecule has 0 N–H and O–H groups in total. The van der Waals surface area contributed by atoms with Crippen LogP contribution in [0.4, 0.5) is 24.5 Å². The second kappa shape index (κ2) is 5.52. The summed E-state index contributed by atoms with van der Waals surface area (Å²) in [5.74, 6) is -0.929. The van der Waals surface area contributed by atoms with Crippen molar-refractivity contribution in [1.82, 2.24) is 0 Å². The highest BCUT2D eigenvalue weighted by Gasteiger charge is 2.51. The van der Waals surface area contributed by atoms with Crippen LogP contribution < -0.4 is 8.61 Å². The maximum atomic E-state index is 13.5. The summed E-state index contributed by atoms with van der Waals surface area (Å²) in [7, 11) is -5.18. The molecule has 24 heavy (non-hydrogen) atoms. The Morgan fingerprint density at radius 2 is 1.54 bits per heavy atom. The van der Waals surface area contributed by atoms with Gasteiger partial charge in [0.1, 0.15) is 0 Å². The largest absolute Gasteiger partial charge is 0.499 e. The number of hydrogen-bond acceptors (Lipinski definition) is 3. The summed E-state index contributed by atoms with van der Waals surface area (Å²) in [5.41, 5.74) is -0.295. The molecule has 2 aromatic carbocycles. The summed E-state index contributed by atoms with van der Waals surface area (Å²) in [6, 6.07) is 11.9. The Kier molecular flexibility index (Phi) is 3.75. The highest BCUT2D eigenvalue weighted by atomic mass is 32.2. The number of rotatable bonds is 3. The van der Waals surface area contributed by atoms with Crippen LogP contribution in [0.25, 0.3) is 0 Å². The van der Waals surface area contributed by atoms with Gasteiger partial charge in [-0.3, -0.25) is 4.79 Å². The van der Waals surface area contributed by atoms with Crippen molar-refractivity contribution in [2.75, 3.05) is 8.61 Å². The van der Waals surface area contributed by atoms with Crippen LogP contribution in [0.3, 0.4) is 0 Å². The van der Waals surface area contributed by atoms with E-state index in [-0.39, 0.29) is 16.4 Å². The van der Waals surface area contributed by atoms with E-state index < -0.39 is 32.4 Å². The molecule has 0 aliphatic carbocycles. The summed E-state index contributed by atoms with van der Waals surface area (Å²) in [6.07, 6.45) is -5.49. The van der Waals surface area contributed by atoms with Gasteiger partial charge < -0.3 is 0 Å². The van der Waals surface area contributed by atoms with Crippen molar-refractivity contribution >= 4 is 27.5 Å². The number of fused-ring (bicyclic) bond motifs is 1. The van der Waals surface area contributed by atoms with Gasteiger partial charge in [0.15, 0.2) is 0 Å². The van der Waals surface area contributed by atoms with Crippen LogP contribution >= 0.6 is 0 Å². The molecule has 0 unspecified atom stereocenters. The Bertz CT molecular complexity index is 882. The van der Waals surface area contributed by atoms with Gasteiger partial charge in [0, 0.05) is 0 Å². The van der Waals surface area contributed by atoms with Crippen LogP contribution in [0.1, 0.15) is 5.56 Å². The Hall–Kier alpha value is -2.55. The highest BCUT2D eigenvalue weighted by Crippen LogP contribution is 2.38. The van der Waals surface area contributed by atoms with Crippen LogP contribution in [-0.4, -0.2) is 20.6 Å². The van der Waals surface area contributed by atoms with Gasteiger partial charge in [-0.25, -0.2) is 0 Å². The van der Waals surface area contributed by atoms with Crippen LogP contribution in [0.15, 0.2) is 54.6 Å². The Morgan fingerprint density at radius 1 is 0.958 bits per heavy atom. The van der Waals surface area contributed by atoms with E-state index in [1.807, 2.05) is 0 Å². The van der Waals surface area contributed by atoms with Crippen molar-refractivity contribution in [3.63, 3.8) is 0 Å². The maximum Gasteiger partial charge on any atom is 0.499 e. The lowest BCUT2D eigenvalue weighted by Crippen LogP contribution is -2.52. The standard InChI is InChI=1S/C15H11F3N2O3S/c16-15(17,18)20(12-7-2-1-3-8-12)24(22,23)19-13-9-5-4-6-11(13)10-14(19)21/h1-9H,10H2. The summed E-state index contributed by atoms with van der Waals surface area (Å²) >= 11 is 0. The molecule has 0 fully saturated rings. The molecule has 0 saturated carbocycles. The molecule has 0 saturated heterocycles. The lowest BCUT2D eigenvalue weighted by atomic mass is 10.2. The van der Waals surface area contributed by atoms with E-state index in [0.29, 0.717) is 5.56 Å². The Balaban J connectivity index is 2.16. The average molecular weight is 356 g/mol. The molecule has 126 valence electrons. The second-order valence-electron chi connectivity index (χ2n) is 5.04. The van der Waals surface area contributed by atoms with Crippen molar-refractivity contribution < 1.29 is 26.4 Å². The molecule has 0 spiro atoms. The Morgan fingerprint density at radius 3 is 2.17 bits per heavy atom. The van der Waals surface area contributed by atoms with Gasteiger partial charge in [-0.2, -0.15) is 17.0 Å². The topological polar surface area (TPSA) is 57.7 Å². The molecule has 5 nitrogen and oxygen atoms in total. The van der Waals surface area contributed by atoms with Crippen LogP contribution in [0, 0.1) is 0 Å². The predicted octanol–water partition coefficient (Wildman–Crippen LogP) is 2.85. The number of halogens is 3. The van der Waals surface area contributed by atoms with Crippen molar-refractivity contribution in [1.29, 1.82) is 0 Å². The van der Waals surface area contributed by atoms with Gasteiger partial charge in [0.25, 0.3) is 0 Å². The first kappa shape index (κ1) is 16.3. The zero-order valence-electron chi connectivity index (χ0n) is 12.1. The summed E-state index contributed by atoms with van der Waals surface area (Å²) in [4.78, 5) is 12.1. The number of amides is 1. The molecule has 0 atom stereocenters. The minimum Gasteiger partial charge on any atom is -0.273 e. The van der Waals surface area contributed by atoms with Crippen molar-refractivity contribution in [3.8, 4) is 0 Å². The monoisotopic (exact) mass is 356 g/mol. The highest BCUT2D eigenvalue weighted by molar-refractivity contribution is 7.95.